The predicted molar refractivity (Wildman–Crippen MR) is 118 cm³/mol. The quantitative estimate of drug-likeness (QED) is 0.539. The van der Waals surface area contributed by atoms with Crippen LogP contribution in [0.3, 0.4) is 0 Å². The van der Waals surface area contributed by atoms with Crippen molar-refractivity contribution in [2.75, 3.05) is 38.8 Å². The van der Waals surface area contributed by atoms with Crippen LogP contribution in [0.25, 0.3) is 11.2 Å². The van der Waals surface area contributed by atoms with Crippen molar-refractivity contribution >= 4 is 34.5 Å². The van der Waals surface area contributed by atoms with Gasteiger partial charge in [0.15, 0.2) is 23.0 Å². The van der Waals surface area contributed by atoms with Crippen LogP contribution in [0.15, 0.2) is 24.5 Å². The van der Waals surface area contributed by atoms with Gasteiger partial charge in [-0.25, -0.2) is 4.98 Å². The number of halogens is 1. The van der Waals surface area contributed by atoms with Crippen molar-refractivity contribution in [1.82, 2.24) is 25.3 Å². The molecule has 9 nitrogen and oxygen atoms in total. The van der Waals surface area contributed by atoms with Crippen LogP contribution < -0.4 is 19.7 Å². The minimum Gasteiger partial charge on any atom is -0.493 e. The Kier molecular flexibility index (Phi) is 6.41. The SMILES string of the molecule is COc1ccc(CCNC(=O)C2CCCN(c3nc(Cl)nc4nc[nH]c34)C2)cc1OC. The second-order valence-corrected chi connectivity index (χ2v) is 7.77. The number of fused-ring (bicyclic) bond motifs is 1. The van der Waals surface area contributed by atoms with Crippen LogP contribution in [0, 0.1) is 5.92 Å². The molecule has 1 amide bonds. The first-order chi connectivity index (χ1) is 15.1. The normalized spacial score (nSPS) is 16.4. The molecule has 10 heteroatoms. The zero-order valence-electron chi connectivity index (χ0n) is 17.5. The Hall–Kier alpha value is -3.07. The van der Waals surface area contributed by atoms with Crippen LogP contribution in [0.4, 0.5) is 5.82 Å². The Morgan fingerprint density at radius 1 is 1.29 bits per heavy atom. The van der Waals surface area contributed by atoms with Crippen LogP contribution in [-0.4, -0.2) is 59.7 Å². The molecule has 0 spiro atoms. The number of methoxy groups -OCH3 is 2. The number of nitrogens with zero attached hydrogens (tertiary/aromatic N) is 4. The number of amides is 1. The maximum Gasteiger partial charge on any atom is 0.226 e. The van der Waals surface area contributed by atoms with Gasteiger partial charge in [-0.1, -0.05) is 6.07 Å². The minimum atomic E-state index is -0.120. The van der Waals surface area contributed by atoms with E-state index in [-0.39, 0.29) is 17.1 Å². The lowest BCUT2D eigenvalue weighted by atomic mass is 9.97. The standard InChI is InChI=1S/C21H25ClN6O3/c1-30-15-6-5-13(10-16(15)31-2)7-8-23-20(29)14-4-3-9-28(11-14)19-17-18(25-12-24-17)26-21(22)27-19/h5-6,10,12,14H,3-4,7-9,11H2,1-2H3,(H,23,29)(H,24,25,26,27). The molecule has 1 atom stereocenters. The third kappa shape index (κ3) is 4.66. The summed E-state index contributed by atoms with van der Waals surface area (Å²) in [5, 5.41) is 3.22. The van der Waals surface area contributed by atoms with Gasteiger partial charge in [0.1, 0.15) is 5.52 Å². The van der Waals surface area contributed by atoms with E-state index in [9.17, 15) is 4.79 Å². The maximum atomic E-state index is 12.8. The molecule has 0 aliphatic carbocycles. The average molecular weight is 445 g/mol. The summed E-state index contributed by atoms with van der Waals surface area (Å²) >= 11 is 6.07. The molecule has 1 saturated heterocycles. The second kappa shape index (κ2) is 9.38. The molecule has 0 bridgehead atoms. The number of carbonyl (C=O) groups is 1. The molecule has 0 radical (unpaired) electrons. The number of aromatic amines is 1. The highest BCUT2D eigenvalue weighted by Crippen LogP contribution is 2.29. The Labute approximate surface area is 185 Å². The fourth-order valence-corrected chi connectivity index (χ4v) is 4.08. The third-order valence-electron chi connectivity index (χ3n) is 5.49. The lowest BCUT2D eigenvalue weighted by Crippen LogP contribution is -2.44. The van der Waals surface area contributed by atoms with Gasteiger partial charge in [0, 0.05) is 19.6 Å². The van der Waals surface area contributed by atoms with Crippen LogP contribution >= 0.6 is 11.6 Å². The van der Waals surface area contributed by atoms with Crippen molar-refractivity contribution in [2.45, 2.75) is 19.3 Å². The first-order valence-electron chi connectivity index (χ1n) is 10.2. The third-order valence-corrected chi connectivity index (χ3v) is 5.66. The highest BCUT2D eigenvalue weighted by Gasteiger charge is 2.28. The number of piperidine rings is 1. The number of rotatable bonds is 7. The van der Waals surface area contributed by atoms with Crippen molar-refractivity contribution < 1.29 is 14.3 Å². The summed E-state index contributed by atoms with van der Waals surface area (Å²) in [4.78, 5) is 30.6. The number of H-pyrrole nitrogens is 1. The Balaban J connectivity index is 1.36. The van der Waals surface area contributed by atoms with E-state index in [4.69, 9.17) is 21.1 Å². The molecule has 3 aromatic rings. The van der Waals surface area contributed by atoms with E-state index in [2.05, 4.69) is 30.2 Å². The zero-order valence-corrected chi connectivity index (χ0v) is 18.3. The number of nitrogens with one attached hydrogen (secondary N) is 2. The molecule has 31 heavy (non-hydrogen) atoms. The Morgan fingerprint density at radius 3 is 2.94 bits per heavy atom. The number of ether oxygens (including phenoxy) is 2. The number of hydrogen-bond acceptors (Lipinski definition) is 7. The molecule has 1 aliphatic heterocycles. The van der Waals surface area contributed by atoms with Gasteiger partial charge in [-0.3, -0.25) is 4.79 Å². The van der Waals surface area contributed by atoms with Gasteiger partial charge in [-0.05, 0) is 48.6 Å². The molecule has 1 aromatic carbocycles. The lowest BCUT2D eigenvalue weighted by Gasteiger charge is -2.33. The molecule has 0 saturated carbocycles. The van der Waals surface area contributed by atoms with Gasteiger partial charge in [0.05, 0.1) is 26.5 Å². The molecule has 1 fully saturated rings. The Morgan fingerprint density at radius 2 is 2.13 bits per heavy atom. The summed E-state index contributed by atoms with van der Waals surface area (Å²) in [5.74, 6) is 1.99. The summed E-state index contributed by atoms with van der Waals surface area (Å²) in [6.45, 7) is 1.93. The molecule has 1 unspecified atom stereocenters. The topological polar surface area (TPSA) is 105 Å². The number of aromatic nitrogens is 4. The van der Waals surface area contributed by atoms with E-state index in [1.54, 1.807) is 20.5 Å². The minimum absolute atomic E-state index is 0.0474. The van der Waals surface area contributed by atoms with Crippen LogP contribution in [-0.2, 0) is 11.2 Å². The van der Waals surface area contributed by atoms with Crippen molar-refractivity contribution in [3.8, 4) is 11.5 Å². The molecule has 2 aromatic heterocycles. The van der Waals surface area contributed by atoms with Gasteiger partial charge >= 0.3 is 0 Å². The maximum absolute atomic E-state index is 12.8. The van der Waals surface area contributed by atoms with Gasteiger partial charge < -0.3 is 24.7 Å². The number of anilines is 1. The molecule has 164 valence electrons. The number of benzene rings is 1. The van der Waals surface area contributed by atoms with Crippen molar-refractivity contribution in [1.29, 1.82) is 0 Å². The average Bonchev–Trinajstić information content (AvgIpc) is 3.26. The summed E-state index contributed by atoms with van der Waals surface area (Å²) in [6, 6.07) is 5.78. The van der Waals surface area contributed by atoms with E-state index >= 15 is 0 Å². The van der Waals surface area contributed by atoms with Crippen molar-refractivity contribution in [3.63, 3.8) is 0 Å². The smallest absolute Gasteiger partial charge is 0.226 e. The van der Waals surface area contributed by atoms with Gasteiger partial charge in [-0.2, -0.15) is 9.97 Å². The van der Waals surface area contributed by atoms with Crippen molar-refractivity contribution in [3.05, 3.63) is 35.4 Å². The monoisotopic (exact) mass is 444 g/mol. The summed E-state index contributed by atoms with van der Waals surface area (Å²) in [5.41, 5.74) is 2.33. The summed E-state index contributed by atoms with van der Waals surface area (Å²) in [7, 11) is 3.22. The zero-order chi connectivity index (χ0) is 21.8. The van der Waals surface area contributed by atoms with Crippen molar-refractivity contribution in [2.24, 2.45) is 5.92 Å². The molecular weight excluding hydrogens is 420 g/mol. The Bertz CT molecular complexity index is 1070. The summed E-state index contributed by atoms with van der Waals surface area (Å²) in [6.07, 6.45) is 4.01. The number of imidazole rings is 1. The first kappa shape index (κ1) is 21.2. The first-order valence-corrected chi connectivity index (χ1v) is 10.6. The van der Waals surface area contributed by atoms with Crippen LogP contribution in [0.2, 0.25) is 5.28 Å². The second-order valence-electron chi connectivity index (χ2n) is 7.43. The molecular formula is C21H25ClN6O3. The fourth-order valence-electron chi connectivity index (χ4n) is 3.91. The highest BCUT2D eigenvalue weighted by molar-refractivity contribution is 6.28. The molecule has 1 aliphatic rings. The number of hydrogen-bond donors (Lipinski definition) is 2. The van der Waals surface area contributed by atoms with Gasteiger partial charge in [0.25, 0.3) is 0 Å². The van der Waals surface area contributed by atoms with Crippen LogP contribution in [0.1, 0.15) is 18.4 Å². The van der Waals surface area contributed by atoms with Gasteiger partial charge in [-0.15, -0.1) is 0 Å². The molecule has 2 N–H and O–H groups in total. The molecule has 3 heterocycles. The molecule has 4 rings (SSSR count). The van der Waals surface area contributed by atoms with E-state index in [1.807, 2.05) is 18.2 Å². The summed E-state index contributed by atoms with van der Waals surface area (Å²) < 4.78 is 10.6. The fraction of sp³-hybridized carbons (Fsp3) is 0.429. The van der Waals surface area contributed by atoms with E-state index in [1.165, 1.54) is 0 Å². The van der Waals surface area contributed by atoms with E-state index in [0.717, 1.165) is 30.5 Å². The largest absolute Gasteiger partial charge is 0.493 e. The highest BCUT2D eigenvalue weighted by atomic mass is 35.5. The lowest BCUT2D eigenvalue weighted by molar-refractivity contribution is -0.125. The number of carbonyl (C=O) groups excluding carboxylic acids is 1. The van der Waals surface area contributed by atoms with Crippen LogP contribution in [0.5, 0.6) is 11.5 Å². The predicted octanol–water partition coefficient (Wildman–Crippen LogP) is 2.60. The van der Waals surface area contributed by atoms with Gasteiger partial charge in [0.2, 0.25) is 11.2 Å². The van der Waals surface area contributed by atoms with E-state index in [0.29, 0.717) is 42.5 Å². The van der Waals surface area contributed by atoms with E-state index < -0.39 is 0 Å².